The zero-order chi connectivity index (χ0) is 16.2. The summed E-state index contributed by atoms with van der Waals surface area (Å²) in [6.45, 7) is 5.37. The molecule has 2 amide bonds. The fourth-order valence-corrected chi connectivity index (χ4v) is 3.77. The van der Waals surface area contributed by atoms with Crippen LogP contribution >= 0.6 is 0 Å². The molecular weight excluding hydrogens is 290 g/mol. The van der Waals surface area contributed by atoms with Gasteiger partial charge in [-0.25, -0.2) is 4.79 Å². The first-order valence-corrected chi connectivity index (χ1v) is 8.56. The van der Waals surface area contributed by atoms with Crippen molar-refractivity contribution < 1.29 is 9.53 Å². The van der Waals surface area contributed by atoms with E-state index in [4.69, 9.17) is 4.74 Å². The molecule has 2 atom stereocenters. The molecule has 3 rings (SSSR count). The van der Waals surface area contributed by atoms with Crippen LogP contribution in [-0.2, 0) is 4.74 Å². The highest BCUT2D eigenvalue weighted by Gasteiger charge is 2.43. The molecule has 23 heavy (non-hydrogen) atoms. The molecule has 0 bridgehead atoms. The molecule has 0 spiro atoms. The van der Waals surface area contributed by atoms with Gasteiger partial charge in [0.2, 0.25) is 0 Å². The lowest BCUT2D eigenvalue weighted by molar-refractivity contribution is 0.114. The number of carbonyl (C=O) groups is 1. The van der Waals surface area contributed by atoms with Gasteiger partial charge in [-0.1, -0.05) is 30.3 Å². The molecule has 0 unspecified atom stereocenters. The third-order valence-corrected chi connectivity index (χ3v) is 5.00. The van der Waals surface area contributed by atoms with E-state index in [2.05, 4.69) is 41.4 Å². The number of urea groups is 1. The highest BCUT2D eigenvalue weighted by Crippen LogP contribution is 2.34. The molecule has 1 aromatic carbocycles. The maximum absolute atomic E-state index is 13.1. The molecule has 1 aromatic rings. The van der Waals surface area contributed by atoms with E-state index in [-0.39, 0.29) is 18.1 Å². The molecule has 5 nitrogen and oxygen atoms in total. The van der Waals surface area contributed by atoms with E-state index < -0.39 is 0 Å². The van der Waals surface area contributed by atoms with Crippen molar-refractivity contribution in [3.63, 3.8) is 0 Å². The van der Waals surface area contributed by atoms with Crippen LogP contribution in [0.15, 0.2) is 30.3 Å². The second-order valence-corrected chi connectivity index (χ2v) is 6.55. The molecule has 2 heterocycles. The second-order valence-electron chi connectivity index (χ2n) is 6.55. The first kappa shape index (κ1) is 16.3. The van der Waals surface area contributed by atoms with Gasteiger partial charge in [0.1, 0.15) is 0 Å². The van der Waals surface area contributed by atoms with Crippen LogP contribution in [0.25, 0.3) is 0 Å². The Labute approximate surface area is 138 Å². The van der Waals surface area contributed by atoms with Crippen LogP contribution in [0.3, 0.4) is 0 Å². The van der Waals surface area contributed by atoms with Crippen LogP contribution in [0.1, 0.15) is 31.4 Å². The molecule has 5 heteroatoms. The number of amides is 2. The minimum atomic E-state index is 0.102. The Morgan fingerprint density at radius 3 is 2.61 bits per heavy atom. The van der Waals surface area contributed by atoms with Gasteiger partial charge in [0.15, 0.2) is 0 Å². The van der Waals surface area contributed by atoms with E-state index in [1.807, 2.05) is 11.0 Å². The van der Waals surface area contributed by atoms with Crippen LogP contribution in [0.5, 0.6) is 0 Å². The van der Waals surface area contributed by atoms with Crippen molar-refractivity contribution in [1.82, 2.24) is 15.1 Å². The number of hydrogen-bond acceptors (Lipinski definition) is 3. The van der Waals surface area contributed by atoms with Crippen LogP contribution < -0.4 is 5.32 Å². The molecule has 2 aliphatic heterocycles. The number of benzene rings is 1. The van der Waals surface area contributed by atoms with Crippen molar-refractivity contribution in [1.29, 1.82) is 0 Å². The summed E-state index contributed by atoms with van der Waals surface area (Å²) in [6.07, 6.45) is 2.06. The third kappa shape index (κ3) is 3.35. The molecule has 1 N–H and O–H groups in total. The maximum Gasteiger partial charge on any atom is 0.321 e. The van der Waals surface area contributed by atoms with Crippen molar-refractivity contribution >= 4 is 6.03 Å². The van der Waals surface area contributed by atoms with Crippen molar-refractivity contribution in [2.75, 3.05) is 33.4 Å². The van der Waals surface area contributed by atoms with E-state index >= 15 is 0 Å². The fraction of sp³-hybridized carbons (Fsp3) is 0.611. The summed E-state index contributed by atoms with van der Waals surface area (Å²) in [4.78, 5) is 17.2. The highest BCUT2D eigenvalue weighted by molar-refractivity contribution is 5.78. The van der Waals surface area contributed by atoms with Gasteiger partial charge in [-0.2, -0.15) is 0 Å². The van der Waals surface area contributed by atoms with Gasteiger partial charge in [0.25, 0.3) is 0 Å². The van der Waals surface area contributed by atoms with Crippen LogP contribution in [0.4, 0.5) is 4.79 Å². The highest BCUT2D eigenvalue weighted by atomic mass is 16.5. The number of rotatable bonds is 5. The monoisotopic (exact) mass is 317 g/mol. The van der Waals surface area contributed by atoms with E-state index in [0.29, 0.717) is 12.6 Å². The summed E-state index contributed by atoms with van der Waals surface area (Å²) in [5.41, 5.74) is 1.23. The molecule has 2 fully saturated rings. The summed E-state index contributed by atoms with van der Waals surface area (Å²) in [7, 11) is 1.69. The minimum Gasteiger partial charge on any atom is -0.383 e. The number of nitrogens with zero attached hydrogens (tertiary/aromatic N) is 2. The quantitative estimate of drug-likeness (QED) is 0.906. The molecule has 0 aromatic heterocycles. The zero-order valence-electron chi connectivity index (χ0n) is 14.1. The predicted molar refractivity (Wildman–Crippen MR) is 90.4 cm³/mol. The lowest BCUT2D eigenvalue weighted by atomic mass is 10.00. The van der Waals surface area contributed by atoms with Gasteiger partial charge in [-0.15, -0.1) is 0 Å². The Hall–Kier alpha value is -1.59. The Balaban J connectivity index is 1.86. The molecule has 0 saturated carbocycles. The predicted octanol–water partition coefficient (Wildman–Crippen LogP) is 2.25. The SMILES string of the molecule is COC[C@H](C)N1C[C@@H](c2ccccc2)N(C2CCNCC2)C1=O. The van der Waals surface area contributed by atoms with Crippen LogP contribution in [0.2, 0.25) is 0 Å². The van der Waals surface area contributed by atoms with Crippen molar-refractivity contribution in [2.24, 2.45) is 0 Å². The lowest BCUT2D eigenvalue weighted by Gasteiger charge is -2.35. The number of carbonyl (C=O) groups excluding carboxylic acids is 1. The number of piperidine rings is 1. The average Bonchev–Trinajstić information content (AvgIpc) is 2.94. The van der Waals surface area contributed by atoms with E-state index in [0.717, 1.165) is 32.5 Å². The summed E-state index contributed by atoms with van der Waals surface area (Å²) in [5.74, 6) is 0. The molecular formula is C18H27N3O2. The molecule has 2 saturated heterocycles. The molecule has 0 aliphatic carbocycles. The van der Waals surface area contributed by atoms with Crippen LogP contribution in [0, 0.1) is 0 Å². The second kappa shape index (κ2) is 7.32. The van der Waals surface area contributed by atoms with Gasteiger partial charge in [0.05, 0.1) is 18.7 Å². The number of nitrogens with one attached hydrogen (secondary N) is 1. The number of ether oxygens (including phenoxy) is 1. The normalized spacial score (nSPS) is 24.3. The first-order valence-electron chi connectivity index (χ1n) is 8.56. The van der Waals surface area contributed by atoms with Crippen molar-refractivity contribution in [2.45, 2.75) is 37.9 Å². The molecule has 0 radical (unpaired) electrons. The van der Waals surface area contributed by atoms with E-state index in [9.17, 15) is 4.79 Å². The van der Waals surface area contributed by atoms with Gasteiger partial charge in [-0.3, -0.25) is 0 Å². The Morgan fingerprint density at radius 2 is 1.96 bits per heavy atom. The lowest BCUT2D eigenvalue weighted by Crippen LogP contribution is -2.47. The maximum atomic E-state index is 13.1. The standard InChI is InChI=1S/C18H27N3O2/c1-14(13-23-2)20-12-17(15-6-4-3-5-7-15)21(18(20)22)16-8-10-19-11-9-16/h3-7,14,16-17,19H,8-13H2,1-2H3/t14-,17-/m0/s1. The largest absolute Gasteiger partial charge is 0.383 e. The smallest absolute Gasteiger partial charge is 0.321 e. The Bertz CT molecular complexity index is 516. The van der Waals surface area contributed by atoms with Crippen LogP contribution in [-0.4, -0.2) is 61.3 Å². The summed E-state index contributed by atoms with van der Waals surface area (Å²) in [6, 6.07) is 11.2. The van der Waals surface area contributed by atoms with E-state index in [1.54, 1.807) is 7.11 Å². The zero-order valence-corrected chi connectivity index (χ0v) is 14.1. The topological polar surface area (TPSA) is 44.8 Å². The van der Waals surface area contributed by atoms with Gasteiger partial charge >= 0.3 is 6.03 Å². The Morgan fingerprint density at radius 1 is 1.26 bits per heavy atom. The van der Waals surface area contributed by atoms with Crippen molar-refractivity contribution in [3.05, 3.63) is 35.9 Å². The average molecular weight is 317 g/mol. The summed E-state index contributed by atoms with van der Waals surface area (Å²) < 4.78 is 5.26. The first-order chi connectivity index (χ1) is 11.2. The summed E-state index contributed by atoms with van der Waals surface area (Å²) in [5, 5.41) is 3.39. The van der Waals surface area contributed by atoms with E-state index in [1.165, 1.54) is 5.56 Å². The van der Waals surface area contributed by atoms with Gasteiger partial charge < -0.3 is 19.9 Å². The molecule has 2 aliphatic rings. The number of methoxy groups -OCH3 is 1. The molecule has 126 valence electrons. The fourth-order valence-electron chi connectivity index (χ4n) is 3.77. The third-order valence-electron chi connectivity index (χ3n) is 5.00. The summed E-state index contributed by atoms with van der Waals surface area (Å²) >= 11 is 0. The van der Waals surface area contributed by atoms with Gasteiger partial charge in [-0.05, 0) is 38.4 Å². The van der Waals surface area contributed by atoms with Crippen molar-refractivity contribution in [3.8, 4) is 0 Å². The minimum absolute atomic E-state index is 0.102. The number of hydrogen-bond donors (Lipinski definition) is 1. The Kier molecular flexibility index (Phi) is 5.18. The van der Waals surface area contributed by atoms with Gasteiger partial charge in [0, 0.05) is 19.7 Å².